The first kappa shape index (κ1) is 23.5. The van der Waals surface area contributed by atoms with Crippen molar-refractivity contribution in [1.29, 1.82) is 0 Å². The SMILES string of the molecule is C=C(O)c1ccc(/C=C/C(c2cc(Cl)c(Cl)c(C3CC3)c2)C(F)(F)F)cc1C(F)(F)F. The van der Waals surface area contributed by atoms with E-state index >= 15 is 0 Å². The summed E-state index contributed by atoms with van der Waals surface area (Å²) in [6.45, 7) is 3.08. The highest BCUT2D eigenvalue weighted by Gasteiger charge is 2.40. The maximum atomic E-state index is 13.8. The number of aliphatic hydroxyl groups is 1. The second kappa shape index (κ2) is 8.43. The normalized spacial score (nSPS) is 16.0. The van der Waals surface area contributed by atoms with Gasteiger partial charge >= 0.3 is 12.4 Å². The van der Waals surface area contributed by atoms with Crippen LogP contribution in [0.2, 0.25) is 10.0 Å². The predicted molar refractivity (Wildman–Crippen MR) is 109 cm³/mol. The number of aliphatic hydroxyl groups excluding tert-OH is 1. The van der Waals surface area contributed by atoms with E-state index in [0.29, 0.717) is 11.6 Å². The molecule has 31 heavy (non-hydrogen) atoms. The van der Waals surface area contributed by atoms with E-state index in [-0.39, 0.29) is 27.1 Å². The van der Waals surface area contributed by atoms with E-state index in [0.717, 1.165) is 37.1 Å². The summed E-state index contributed by atoms with van der Waals surface area (Å²) in [5.41, 5.74) is -1.46. The van der Waals surface area contributed by atoms with Crippen molar-refractivity contribution in [3.05, 3.63) is 80.8 Å². The van der Waals surface area contributed by atoms with E-state index in [9.17, 15) is 31.4 Å². The Morgan fingerprint density at radius 1 is 1.06 bits per heavy atom. The molecular formula is C22H16Cl2F6O. The van der Waals surface area contributed by atoms with E-state index in [4.69, 9.17) is 23.2 Å². The average Bonchev–Trinajstić information content (AvgIpc) is 3.47. The van der Waals surface area contributed by atoms with Gasteiger partial charge in [0.15, 0.2) is 0 Å². The van der Waals surface area contributed by atoms with E-state index in [2.05, 4.69) is 6.58 Å². The number of rotatable bonds is 5. The van der Waals surface area contributed by atoms with Gasteiger partial charge in [-0.05, 0) is 47.6 Å². The van der Waals surface area contributed by atoms with E-state index < -0.39 is 35.2 Å². The fourth-order valence-corrected chi connectivity index (χ4v) is 3.77. The van der Waals surface area contributed by atoms with Crippen LogP contribution in [-0.2, 0) is 6.18 Å². The van der Waals surface area contributed by atoms with Crippen molar-refractivity contribution in [2.45, 2.75) is 37.0 Å². The molecule has 1 fully saturated rings. The maximum absolute atomic E-state index is 13.8. The smallest absolute Gasteiger partial charge is 0.417 e. The number of hydrogen-bond acceptors (Lipinski definition) is 1. The second-order valence-electron chi connectivity index (χ2n) is 7.31. The van der Waals surface area contributed by atoms with Crippen LogP contribution in [0.1, 0.15) is 52.5 Å². The Labute approximate surface area is 184 Å². The monoisotopic (exact) mass is 480 g/mol. The van der Waals surface area contributed by atoms with Gasteiger partial charge < -0.3 is 5.11 Å². The van der Waals surface area contributed by atoms with Crippen molar-refractivity contribution in [3.63, 3.8) is 0 Å². The van der Waals surface area contributed by atoms with Gasteiger partial charge in [0.25, 0.3) is 0 Å². The molecule has 166 valence electrons. The van der Waals surface area contributed by atoms with Crippen molar-refractivity contribution in [1.82, 2.24) is 0 Å². The highest BCUT2D eigenvalue weighted by Crippen LogP contribution is 2.48. The summed E-state index contributed by atoms with van der Waals surface area (Å²) in [5.74, 6) is -2.84. The molecule has 1 aliphatic rings. The number of alkyl halides is 6. The van der Waals surface area contributed by atoms with Gasteiger partial charge in [0.2, 0.25) is 0 Å². The molecule has 0 heterocycles. The zero-order valence-electron chi connectivity index (χ0n) is 15.8. The molecule has 1 aliphatic carbocycles. The fraction of sp³-hybridized carbons (Fsp3) is 0.273. The summed E-state index contributed by atoms with van der Waals surface area (Å²) in [4.78, 5) is 0. The third kappa shape index (κ3) is 5.39. The predicted octanol–water partition coefficient (Wildman–Crippen LogP) is 8.78. The molecule has 3 rings (SSSR count). The van der Waals surface area contributed by atoms with Crippen LogP contribution in [0.25, 0.3) is 11.8 Å². The number of allylic oxidation sites excluding steroid dienone is 1. The lowest BCUT2D eigenvalue weighted by atomic mass is 9.93. The highest BCUT2D eigenvalue weighted by atomic mass is 35.5. The lowest BCUT2D eigenvalue weighted by Crippen LogP contribution is -2.19. The summed E-state index contributed by atoms with van der Waals surface area (Å²) in [6, 6.07) is 5.26. The Hall–Kier alpha value is -2.12. The molecule has 0 amide bonds. The average molecular weight is 481 g/mol. The molecule has 1 saturated carbocycles. The summed E-state index contributed by atoms with van der Waals surface area (Å²) >= 11 is 12.2. The van der Waals surface area contributed by atoms with E-state index in [1.165, 1.54) is 12.1 Å². The molecule has 0 spiro atoms. The van der Waals surface area contributed by atoms with Gasteiger partial charge in [-0.1, -0.05) is 60.1 Å². The topological polar surface area (TPSA) is 20.2 Å². The zero-order valence-corrected chi connectivity index (χ0v) is 17.3. The lowest BCUT2D eigenvalue weighted by molar-refractivity contribution is -0.139. The second-order valence-corrected chi connectivity index (χ2v) is 8.09. The van der Waals surface area contributed by atoms with Gasteiger partial charge in [0.05, 0.1) is 21.5 Å². The molecule has 0 bridgehead atoms. The number of hydrogen-bond donors (Lipinski definition) is 1. The van der Waals surface area contributed by atoms with E-state index in [1.807, 2.05) is 0 Å². The van der Waals surface area contributed by atoms with Crippen LogP contribution >= 0.6 is 23.2 Å². The first-order valence-electron chi connectivity index (χ1n) is 9.12. The van der Waals surface area contributed by atoms with Crippen LogP contribution in [-0.4, -0.2) is 11.3 Å². The molecule has 0 saturated heterocycles. The van der Waals surface area contributed by atoms with Gasteiger partial charge in [-0.15, -0.1) is 0 Å². The lowest BCUT2D eigenvalue weighted by Gasteiger charge is -2.19. The summed E-state index contributed by atoms with van der Waals surface area (Å²) in [6.07, 6.45) is -6.20. The Morgan fingerprint density at radius 2 is 1.71 bits per heavy atom. The molecular weight excluding hydrogens is 465 g/mol. The van der Waals surface area contributed by atoms with Gasteiger partial charge in [0.1, 0.15) is 5.76 Å². The maximum Gasteiger partial charge on any atom is 0.417 e. The van der Waals surface area contributed by atoms with Gasteiger partial charge in [0, 0.05) is 5.56 Å². The standard InChI is InChI=1S/C22H16Cl2F6O/c1-11(31)15-6-2-12(8-18(15)22(28,29)30)3-7-17(21(25,26)27)14-9-16(13-4-5-13)20(24)19(23)10-14/h2-3,6-10,13,17,31H,1,4-5H2/b7-3+. The van der Waals surface area contributed by atoms with Crippen molar-refractivity contribution in [2.75, 3.05) is 0 Å². The van der Waals surface area contributed by atoms with Gasteiger partial charge in [-0.3, -0.25) is 0 Å². The first-order valence-corrected chi connectivity index (χ1v) is 9.88. The molecule has 1 N–H and O–H groups in total. The molecule has 0 aromatic heterocycles. The van der Waals surface area contributed by atoms with Crippen LogP contribution in [0.3, 0.4) is 0 Å². The quantitative estimate of drug-likeness (QED) is 0.334. The van der Waals surface area contributed by atoms with Crippen LogP contribution in [0.4, 0.5) is 26.3 Å². The third-order valence-electron chi connectivity index (χ3n) is 4.95. The van der Waals surface area contributed by atoms with Crippen LogP contribution < -0.4 is 0 Å². The molecule has 2 aromatic rings. The minimum absolute atomic E-state index is 0.00566. The van der Waals surface area contributed by atoms with Crippen LogP contribution in [0.5, 0.6) is 0 Å². The van der Waals surface area contributed by atoms with Gasteiger partial charge in [-0.25, -0.2) is 0 Å². The van der Waals surface area contributed by atoms with Crippen molar-refractivity contribution in [3.8, 4) is 0 Å². The zero-order chi connectivity index (χ0) is 23.1. The molecule has 2 aromatic carbocycles. The summed E-state index contributed by atoms with van der Waals surface area (Å²) in [7, 11) is 0. The van der Waals surface area contributed by atoms with Crippen molar-refractivity contribution >= 4 is 35.0 Å². The number of halogens is 8. The molecule has 1 atom stereocenters. The molecule has 0 aliphatic heterocycles. The third-order valence-corrected chi connectivity index (χ3v) is 5.77. The van der Waals surface area contributed by atoms with E-state index in [1.54, 1.807) is 0 Å². The number of benzene rings is 2. The van der Waals surface area contributed by atoms with Crippen molar-refractivity contribution < 1.29 is 31.4 Å². The van der Waals surface area contributed by atoms with Crippen LogP contribution in [0, 0.1) is 0 Å². The fourth-order valence-electron chi connectivity index (χ4n) is 3.27. The minimum atomic E-state index is -4.82. The van der Waals surface area contributed by atoms with Crippen LogP contribution in [0.15, 0.2) is 43.0 Å². The first-order chi connectivity index (χ1) is 14.3. The Bertz CT molecular complexity index is 1040. The largest absolute Gasteiger partial charge is 0.508 e. The van der Waals surface area contributed by atoms with Gasteiger partial charge in [-0.2, -0.15) is 26.3 Å². The highest BCUT2D eigenvalue weighted by molar-refractivity contribution is 6.42. The molecule has 1 nitrogen and oxygen atoms in total. The molecule has 1 unspecified atom stereocenters. The summed E-state index contributed by atoms with van der Waals surface area (Å²) < 4.78 is 81.1. The Balaban J connectivity index is 2.03. The molecule has 0 radical (unpaired) electrons. The Morgan fingerprint density at radius 3 is 2.23 bits per heavy atom. The summed E-state index contributed by atoms with van der Waals surface area (Å²) in [5, 5.41) is 9.58. The van der Waals surface area contributed by atoms with Crippen molar-refractivity contribution in [2.24, 2.45) is 0 Å². The molecule has 9 heteroatoms. The Kier molecular flexibility index (Phi) is 6.40. The minimum Gasteiger partial charge on any atom is -0.508 e.